The lowest BCUT2D eigenvalue weighted by atomic mass is 9.93. The van der Waals surface area contributed by atoms with Gasteiger partial charge in [0.25, 0.3) is 0 Å². The van der Waals surface area contributed by atoms with Gasteiger partial charge >= 0.3 is 6.03 Å². The van der Waals surface area contributed by atoms with Crippen LogP contribution in [-0.4, -0.2) is 34.8 Å². The van der Waals surface area contributed by atoms with Crippen molar-refractivity contribution >= 4 is 17.4 Å². The number of rotatable bonds is 5. The fourth-order valence-electron chi connectivity index (χ4n) is 2.71. The second-order valence-corrected chi connectivity index (χ2v) is 8.10. The summed E-state index contributed by atoms with van der Waals surface area (Å²) in [6, 6.07) is -0.191. The predicted molar refractivity (Wildman–Crippen MR) is 89.3 cm³/mol. The van der Waals surface area contributed by atoms with E-state index in [1.807, 2.05) is 0 Å². The minimum Gasteiger partial charge on any atom is -0.394 e. The fraction of sp³-hybridized carbons (Fsp3) is 0.750. The standard InChI is InChI=1S/C16H27N3O2S/c1-15(2,3)12-10-22-13(18-12)6-9-17-14(21)19-16(11-20)7-4-5-8-16/h10,20H,4-9,11H2,1-3H3,(H2,17,19,21). The van der Waals surface area contributed by atoms with Crippen molar-refractivity contribution in [1.29, 1.82) is 0 Å². The Labute approximate surface area is 136 Å². The number of carbonyl (C=O) groups excluding carboxylic acids is 1. The molecule has 0 spiro atoms. The third-order valence-corrected chi connectivity index (χ3v) is 5.10. The third-order valence-electron chi connectivity index (χ3n) is 4.19. The van der Waals surface area contributed by atoms with Gasteiger partial charge in [-0.3, -0.25) is 0 Å². The molecule has 22 heavy (non-hydrogen) atoms. The summed E-state index contributed by atoms with van der Waals surface area (Å²) in [6.07, 6.45) is 4.59. The van der Waals surface area contributed by atoms with Gasteiger partial charge in [-0.2, -0.15) is 0 Å². The summed E-state index contributed by atoms with van der Waals surface area (Å²) in [4.78, 5) is 16.6. The predicted octanol–water partition coefficient (Wildman–Crippen LogP) is 2.59. The van der Waals surface area contributed by atoms with Crippen LogP contribution in [0.1, 0.15) is 57.2 Å². The molecule has 1 aromatic heterocycles. The molecule has 124 valence electrons. The Bertz CT molecular complexity index is 502. The monoisotopic (exact) mass is 325 g/mol. The van der Waals surface area contributed by atoms with Gasteiger partial charge in [0.15, 0.2) is 0 Å². The van der Waals surface area contributed by atoms with E-state index in [2.05, 4.69) is 41.8 Å². The zero-order chi connectivity index (χ0) is 16.2. The molecule has 0 bridgehead atoms. The molecule has 3 N–H and O–H groups in total. The maximum Gasteiger partial charge on any atom is 0.315 e. The molecule has 2 amide bonds. The van der Waals surface area contributed by atoms with Crippen molar-refractivity contribution in [3.8, 4) is 0 Å². The van der Waals surface area contributed by atoms with E-state index in [-0.39, 0.29) is 18.1 Å². The SMILES string of the molecule is CC(C)(C)c1csc(CCNC(=O)NC2(CO)CCCC2)n1. The molecule has 0 saturated heterocycles. The Morgan fingerprint density at radius 3 is 2.64 bits per heavy atom. The largest absolute Gasteiger partial charge is 0.394 e. The Morgan fingerprint density at radius 1 is 1.41 bits per heavy atom. The summed E-state index contributed by atoms with van der Waals surface area (Å²) in [5.74, 6) is 0. The van der Waals surface area contributed by atoms with Crippen LogP contribution in [0, 0.1) is 0 Å². The average molecular weight is 325 g/mol. The van der Waals surface area contributed by atoms with E-state index in [0.29, 0.717) is 6.54 Å². The molecule has 1 aliphatic carbocycles. The number of nitrogens with zero attached hydrogens (tertiary/aromatic N) is 1. The van der Waals surface area contributed by atoms with Crippen LogP contribution in [0.15, 0.2) is 5.38 Å². The lowest BCUT2D eigenvalue weighted by Crippen LogP contribution is -2.53. The van der Waals surface area contributed by atoms with Crippen molar-refractivity contribution in [2.24, 2.45) is 0 Å². The quantitative estimate of drug-likeness (QED) is 0.779. The number of carbonyl (C=O) groups is 1. The molecule has 2 rings (SSSR count). The first kappa shape index (κ1) is 17.2. The van der Waals surface area contributed by atoms with Gasteiger partial charge in [-0.25, -0.2) is 9.78 Å². The van der Waals surface area contributed by atoms with E-state index in [0.717, 1.165) is 42.8 Å². The van der Waals surface area contributed by atoms with Crippen molar-refractivity contribution in [1.82, 2.24) is 15.6 Å². The maximum atomic E-state index is 12.0. The molecular formula is C16H27N3O2S. The van der Waals surface area contributed by atoms with Gasteiger partial charge in [-0.15, -0.1) is 11.3 Å². The van der Waals surface area contributed by atoms with E-state index >= 15 is 0 Å². The molecule has 0 aliphatic heterocycles. The van der Waals surface area contributed by atoms with Gasteiger partial charge in [0.2, 0.25) is 0 Å². The molecule has 1 aromatic rings. The number of thiazole rings is 1. The van der Waals surface area contributed by atoms with Crippen LogP contribution in [0.25, 0.3) is 0 Å². The number of amides is 2. The summed E-state index contributed by atoms with van der Waals surface area (Å²) in [6.45, 7) is 7.01. The van der Waals surface area contributed by atoms with Crippen molar-refractivity contribution in [3.05, 3.63) is 16.1 Å². The number of nitrogens with one attached hydrogen (secondary N) is 2. The van der Waals surface area contributed by atoms with Gasteiger partial charge in [-0.05, 0) is 12.8 Å². The number of urea groups is 1. The number of aliphatic hydroxyl groups is 1. The highest BCUT2D eigenvalue weighted by Crippen LogP contribution is 2.29. The average Bonchev–Trinajstić information content (AvgIpc) is 3.08. The van der Waals surface area contributed by atoms with Crippen molar-refractivity contribution < 1.29 is 9.90 Å². The smallest absolute Gasteiger partial charge is 0.315 e. The van der Waals surface area contributed by atoms with Gasteiger partial charge < -0.3 is 15.7 Å². The molecule has 0 aromatic carbocycles. The van der Waals surface area contributed by atoms with E-state index < -0.39 is 5.54 Å². The molecule has 0 radical (unpaired) electrons. The lowest BCUT2D eigenvalue weighted by Gasteiger charge is -2.27. The number of aliphatic hydroxyl groups excluding tert-OH is 1. The molecule has 5 nitrogen and oxygen atoms in total. The molecule has 6 heteroatoms. The zero-order valence-electron chi connectivity index (χ0n) is 13.7. The second-order valence-electron chi connectivity index (χ2n) is 7.15. The minimum atomic E-state index is -0.412. The van der Waals surface area contributed by atoms with Crippen LogP contribution in [-0.2, 0) is 11.8 Å². The zero-order valence-corrected chi connectivity index (χ0v) is 14.6. The molecule has 1 heterocycles. The fourth-order valence-corrected chi connectivity index (χ4v) is 3.74. The summed E-state index contributed by atoms with van der Waals surface area (Å²) < 4.78 is 0. The van der Waals surface area contributed by atoms with Gasteiger partial charge in [0, 0.05) is 23.8 Å². The van der Waals surface area contributed by atoms with E-state index in [1.165, 1.54) is 0 Å². The lowest BCUT2D eigenvalue weighted by molar-refractivity contribution is 0.163. The van der Waals surface area contributed by atoms with Crippen LogP contribution >= 0.6 is 11.3 Å². The Hall–Kier alpha value is -1.14. The first-order valence-corrected chi connectivity index (χ1v) is 8.84. The van der Waals surface area contributed by atoms with Crippen molar-refractivity contribution in [2.45, 2.75) is 63.8 Å². The molecule has 0 unspecified atom stereocenters. The van der Waals surface area contributed by atoms with Gasteiger partial charge in [-0.1, -0.05) is 33.6 Å². The summed E-state index contributed by atoms with van der Waals surface area (Å²) >= 11 is 1.64. The number of hydrogen-bond acceptors (Lipinski definition) is 4. The first-order chi connectivity index (χ1) is 10.3. The Morgan fingerprint density at radius 2 is 2.09 bits per heavy atom. The third kappa shape index (κ3) is 4.43. The van der Waals surface area contributed by atoms with Gasteiger partial charge in [0.05, 0.1) is 22.8 Å². The van der Waals surface area contributed by atoms with Crippen LogP contribution < -0.4 is 10.6 Å². The van der Waals surface area contributed by atoms with E-state index in [9.17, 15) is 9.90 Å². The topological polar surface area (TPSA) is 74.2 Å². The maximum absolute atomic E-state index is 12.0. The normalized spacial score (nSPS) is 17.5. The highest BCUT2D eigenvalue weighted by Gasteiger charge is 2.34. The van der Waals surface area contributed by atoms with Crippen LogP contribution in [0.2, 0.25) is 0 Å². The van der Waals surface area contributed by atoms with E-state index in [4.69, 9.17) is 0 Å². The summed E-state index contributed by atoms with van der Waals surface area (Å²) in [7, 11) is 0. The minimum absolute atomic E-state index is 0.0157. The molecule has 1 fully saturated rings. The highest BCUT2D eigenvalue weighted by atomic mass is 32.1. The highest BCUT2D eigenvalue weighted by molar-refractivity contribution is 7.09. The summed E-state index contributed by atoms with van der Waals surface area (Å²) in [5, 5.41) is 18.4. The Balaban J connectivity index is 1.76. The summed E-state index contributed by atoms with van der Waals surface area (Å²) in [5.41, 5.74) is 0.752. The molecule has 0 atom stereocenters. The first-order valence-electron chi connectivity index (χ1n) is 7.96. The van der Waals surface area contributed by atoms with Crippen LogP contribution in [0.5, 0.6) is 0 Å². The van der Waals surface area contributed by atoms with Crippen molar-refractivity contribution in [3.63, 3.8) is 0 Å². The number of hydrogen-bond donors (Lipinski definition) is 3. The van der Waals surface area contributed by atoms with Crippen LogP contribution in [0.4, 0.5) is 4.79 Å². The van der Waals surface area contributed by atoms with E-state index in [1.54, 1.807) is 11.3 Å². The van der Waals surface area contributed by atoms with Crippen molar-refractivity contribution in [2.75, 3.05) is 13.2 Å². The Kier molecular flexibility index (Phi) is 5.45. The second kappa shape index (κ2) is 6.96. The van der Waals surface area contributed by atoms with Crippen LogP contribution in [0.3, 0.4) is 0 Å². The molecule has 1 saturated carbocycles. The van der Waals surface area contributed by atoms with Gasteiger partial charge in [0.1, 0.15) is 0 Å². The molecule has 1 aliphatic rings. The number of aromatic nitrogens is 1. The molecular weight excluding hydrogens is 298 g/mol.